The molecule has 2 nitrogen and oxygen atoms in total. The van der Waals surface area contributed by atoms with E-state index in [0.717, 1.165) is 11.1 Å². The Bertz CT molecular complexity index is 388. The summed E-state index contributed by atoms with van der Waals surface area (Å²) in [6.45, 7) is 5.67. The van der Waals surface area contributed by atoms with Crippen molar-refractivity contribution >= 4 is 5.78 Å². The number of carbonyl (C=O) groups is 1. The highest BCUT2D eigenvalue weighted by Crippen LogP contribution is 2.13. The lowest BCUT2D eigenvalue weighted by Gasteiger charge is -2.14. The van der Waals surface area contributed by atoms with Crippen LogP contribution in [0.4, 0.5) is 4.39 Å². The van der Waals surface area contributed by atoms with Crippen LogP contribution in [0.25, 0.3) is 0 Å². The van der Waals surface area contributed by atoms with E-state index >= 15 is 0 Å². The van der Waals surface area contributed by atoms with Gasteiger partial charge in [0.25, 0.3) is 0 Å². The molecule has 1 aromatic carbocycles. The van der Waals surface area contributed by atoms with E-state index in [0.29, 0.717) is 0 Å². The summed E-state index contributed by atoms with van der Waals surface area (Å²) in [5, 5.41) is 0. The van der Waals surface area contributed by atoms with Crippen molar-refractivity contribution in [3.05, 3.63) is 35.1 Å². The lowest BCUT2D eigenvalue weighted by molar-refractivity contribution is -0.120. The molecule has 0 aliphatic rings. The van der Waals surface area contributed by atoms with E-state index in [1.54, 1.807) is 6.07 Å². The minimum atomic E-state index is -0.470. The molecule has 2 N–H and O–H groups in total. The Morgan fingerprint density at radius 2 is 2.06 bits per heavy atom. The average Bonchev–Trinajstić information content (AvgIpc) is 2.22. The summed E-state index contributed by atoms with van der Waals surface area (Å²) in [6.07, 6.45) is 0.211. The number of hydrogen-bond donors (Lipinski definition) is 1. The van der Waals surface area contributed by atoms with Crippen LogP contribution in [0.15, 0.2) is 18.2 Å². The third-order valence-corrected chi connectivity index (χ3v) is 2.77. The van der Waals surface area contributed by atoms with Gasteiger partial charge in [0.1, 0.15) is 5.82 Å². The van der Waals surface area contributed by atoms with Gasteiger partial charge < -0.3 is 5.73 Å². The molecule has 0 aliphatic carbocycles. The zero-order valence-corrected chi connectivity index (χ0v) is 9.96. The van der Waals surface area contributed by atoms with Crippen LogP contribution in [0.2, 0.25) is 0 Å². The predicted molar refractivity (Wildman–Crippen MR) is 62.7 cm³/mol. The fourth-order valence-corrected chi connectivity index (χ4v) is 1.51. The highest BCUT2D eigenvalue weighted by Gasteiger charge is 2.18. The molecule has 1 unspecified atom stereocenters. The average molecular weight is 223 g/mol. The number of ketones is 1. The minimum Gasteiger partial charge on any atom is -0.321 e. The van der Waals surface area contributed by atoms with E-state index in [1.807, 2.05) is 20.8 Å². The second-order valence-corrected chi connectivity index (χ2v) is 4.48. The van der Waals surface area contributed by atoms with Gasteiger partial charge in [-0.1, -0.05) is 19.9 Å². The fraction of sp³-hybridized carbons (Fsp3) is 0.462. The Morgan fingerprint density at radius 1 is 1.44 bits per heavy atom. The molecule has 0 saturated carbocycles. The van der Waals surface area contributed by atoms with Crippen molar-refractivity contribution in [3.8, 4) is 0 Å². The molecule has 0 radical (unpaired) electrons. The topological polar surface area (TPSA) is 43.1 Å². The number of benzene rings is 1. The van der Waals surface area contributed by atoms with Crippen LogP contribution >= 0.6 is 0 Å². The lowest BCUT2D eigenvalue weighted by Crippen LogP contribution is -2.36. The van der Waals surface area contributed by atoms with Crippen LogP contribution in [0.5, 0.6) is 0 Å². The van der Waals surface area contributed by atoms with E-state index in [2.05, 4.69) is 0 Å². The predicted octanol–water partition coefficient (Wildman–Crippen LogP) is 2.23. The molecule has 1 atom stereocenters. The first kappa shape index (κ1) is 12.8. The number of aryl methyl sites for hydroxylation is 1. The molecule has 0 spiro atoms. The summed E-state index contributed by atoms with van der Waals surface area (Å²) in [7, 11) is 0. The summed E-state index contributed by atoms with van der Waals surface area (Å²) in [5.74, 6) is -0.239. The Labute approximate surface area is 95.7 Å². The van der Waals surface area contributed by atoms with Gasteiger partial charge in [-0.25, -0.2) is 4.39 Å². The molecule has 3 heteroatoms. The van der Waals surface area contributed by atoms with Crippen molar-refractivity contribution in [2.45, 2.75) is 33.2 Å². The Balaban J connectivity index is 2.80. The molecule has 0 fully saturated rings. The second-order valence-electron chi connectivity index (χ2n) is 4.48. The van der Waals surface area contributed by atoms with Crippen LogP contribution in [0, 0.1) is 18.7 Å². The molecule has 88 valence electrons. The van der Waals surface area contributed by atoms with Crippen LogP contribution in [0.3, 0.4) is 0 Å². The van der Waals surface area contributed by atoms with Crippen molar-refractivity contribution in [1.29, 1.82) is 0 Å². The van der Waals surface area contributed by atoms with Gasteiger partial charge in [-0.15, -0.1) is 0 Å². The van der Waals surface area contributed by atoms with Crippen molar-refractivity contribution in [3.63, 3.8) is 0 Å². The van der Waals surface area contributed by atoms with Gasteiger partial charge in [-0.05, 0) is 36.1 Å². The number of Topliss-reactive ketones (excluding diaryl/α,β-unsaturated/α-hetero) is 1. The molecule has 0 saturated heterocycles. The molecule has 1 rings (SSSR count). The summed E-state index contributed by atoms with van der Waals surface area (Å²) in [5.41, 5.74) is 7.40. The first-order chi connectivity index (χ1) is 7.41. The first-order valence-electron chi connectivity index (χ1n) is 5.45. The van der Waals surface area contributed by atoms with Crippen LogP contribution < -0.4 is 5.73 Å². The smallest absolute Gasteiger partial charge is 0.154 e. The van der Waals surface area contributed by atoms with Crippen molar-refractivity contribution in [1.82, 2.24) is 0 Å². The minimum absolute atomic E-state index is 0.0382. The summed E-state index contributed by atoms with van der Waals surface area (Å²) in [6, 6.07) is 4.01. The standard InChI is InChI=1S/C13H18FNO/c1-8(2)13(15)12(16)7-10-6-11(14)5-4-9(10)3/h4-6,8,13H,7,15H2,1-3H3. The van der Waals surface area contributed by atoms with Gasteiger partial charge in [0.05, 0.1) is 6.04 Å². The Morgan fingerprint density at radius 3 is 2.62 bits per heavy atom. The van der Waals surface area contributed by atoms with E-state index < -0.39 is 6.04 Å². The molecular weight excluding hydrogens is 205 g/mol. The molecule has 0 heterocycles. The number of carbonyl (C=O) groups excluding carboxylic acids is 1. The van der Waals surface area contributed by atoms with Gasteiger partial charge in [-0.2, -0.15) is 0 Å². The van der Waals surface area contributed by atoms with Crippen LogP contribution in [-0.2, 0) is 11.2 Å². The van der Waals surface area contributed by atoms with E-state index in [1.165, 1.54) is 12.1 Å². The number of nitrogens with two attached hydrogens (primary N) is 1. The van der Waals surface area contributed by atoms with Gasteiger partial charge in [-0.3, -0.25) is 4.79 Å². The lowest BCUT2D eigenvalue weighted by atomic mass is 9.94. The molecule has 1 aromatic rings. The molecule has 0 amide bonds. The molecule has 16 heavy (non-hydrogen) atoms. The van der Waals surface area contributed by atoms with Gasteiger partial charge in [0.2, 0.25) is 0 Å². The van der Waals surface area contributed by atoms with E-state index in [9.17, 15) is 9.18 Å². The van der Waals surface area contributed by atoms with Crippen molar-refractivity contribution in [2.75, 3.05) is 0 Å². The quantitative estimate of drug-likeness (QED) is 0.850. The van der Waals surface area contributed by atoms with Gasteiger partial charge in [0, 0.05) is 6.42 Å². The monoisotopic (exact) mass is 223 g/mol. The highest BCUT2D eigenvalue weighted by molar-refractivity contribution is 5.86. The fourth-order valence-electron chi connectivity index (χ4n) is 1.51. The van der Waals surface area contributed by atoms with Crippen molar-refractivity contribution < 1.29 is 9.18 Å². The van der Waals surface area contributed by atoms with Gasteiger partial charge >= 0.3 is 0 Å². The van der Waals surface area contributed by atoms with Crippen LogP contribution in [-0.4, -0.2) is 11.8 Å². The number of hydrogen-bond acceptors (Lipinski definition) is 2. The maximum atomic E-state index is 13.0. The van der Waals surface area contributed by atoms with Gasteiger partial charge in [0.15, 0.2) is 5.78 Å². The SMILES string of the molecule is Cc1ccc(F)cc1CC(=O)C(N)C(C)C. The number of rotatable bonds is 4. The number of halogens is 1. The third-order valence-electron chi connectivity index (χ3n) is 2.77. The summed E-state index contributed by atoms with van der Waals surface area (Å²) < 4.78 is 13.0. The largest absolute Gasteiger partial charge is 0.321 e. The summed E-state index contributed by atoms with van der Waals surface area (Å²) in [4.78, 5) is 11.8. The van der Waals surface area contributed by atoms with E-state index in [-0.39, 0.29) is 23.9 Å². The summed E-state index contributed by atoms with van der Waals surface area (Å²) >= 11 is 0. The third kappa shape index (κ3) is 3.14. The molecule has 0 aromatic heterocycles. The maximum Gasteiger partial charge on any atom is 0.154 e. The molecule has 0 bridgehead atoms. The Kier molecular flexibility index (Phi) is 4.19. The Hall–Kier alpha value is -1.22. The second kappa shape index (κ2) is 5.21. The molecular formula is C13H18FNO. The maximum absolute atomic E-state index is 13.0. The highest BCUT2D eigenvalue weighted by atomic mass is 19.1. The zero-order chi connectivity index (χ0) is 12.3. The zero-order valence-electron chi connectivity index (χ0n) is 9.96. The van der Waals surface area contributed by atoms with Crippen LogP contribution in [0.1, 0.15) is 25.0 Å². The van der Waals surface area contributed by atoms with E-state index in [4.69, 9.17) is 5.73 Å². The first-order valence-corrected chi connectivity index (χ1v) is 5.45. The van der Waals surface area contributed by atoms with Crippen molar-refractivity contribution in [2.24, 2.45) is 11.7 Å². The molecule has 0 aliphatic heterocycles. The normalized spacial score (nSPS) is 12.9.